The molecule has 0 aliphatic rings. The highest BCUT2D eigenvalue weighted by Gasteiger charge is 2.27. The highest BCUT2D eigenvalue weighted by Crippen LogP contribution is 2.18. The summed E-state index contributed by atoms with van der Waals surface area (Å²) >= 11 is 0. The van der Waals surface area contributed by atoms with E-state index in [2.05, 4.69) is 9.97 Å². The largest absolute Gasteiger partial charge is 0.459 e. The average molecular weight is 233 g/mol. The number of carbonyl (C=O) groups is 1. The van der Waals surface area contributed by atoms with Crippen LogP contribution in [-0.4, -0.2) is 21.5 Å². The summed E-state index contributed by atoms with van der Waals surface area (Å²) in [5.74, 6) is -1.62. The first kappa shape index (κ1) is 13.1. The van der Waals surface area contributed by atoms with Crippen molar-refractivity contribution in [1.82, 2.24) is 9.97 Å². The van der Waals surface area contributed by atoms with E-state index in [0.29, 0.717) is 11.4 Å². The number of ether oxygens (including phenoxy) is 1. The highest BCUT2D eigenvalue weighted by molar-refractivity contribution is 5.80. The fourth-order valence-corrected chi connectivity index (χ4v) is 1.22. The first-order valence-electron chi connectivity index (χ1n) is 5.24. The van der Waals surface area contributed by atoms with Gasteiger partial charge in [0.25, 0.3) is 0 Å². The van der Waals surface area contributed by atoms with E-state index in [1.807, 2.05) is 6.07 Å². The van der Waals surface area contributed by atoms with Crippen molar-refractivity contribution in [3.05, 3.63) is 23.8 Å². The Morgan fingerprint density at radius 1 is 1.47 bits per heavy atom. The van der Waals surface area contributed by atoms with Crippen LogP contribution in [0.4, 0.5) is 0 Å². The molecule has 0 aliphatic heterocycles. The monoisotopic (exact) mass is 233 g/mol. The molecule has 5 heteroatoms. The molecule has 17 heavy (non-hydrogen) atoms. The lowest BCUT2D eigenvalue weighted by Crippen LogP contribution is -2.27. The summed E-state index contributed by atoms with van der Waals surface area (Å²) in [6.45, 7) is 7.00. The van der Waals surface area contributed by atoms with Gasteiger partial charge in [-0.15, -0.1) is 0 Å². The molecule has 0 amide bonds. The van der Waals surface area contributed by atoms with E-state index < -0.39 is 17.5 Å². The normalized spacial score (nSPS) is 12.6. The molecule has 0 bridgehead atoms. The molecule has 5 nitrogen and oxygen atoms in total. The van der Waals surface area contributed by atoms with E-state index in [1.54, 1.807) is 33.9 Å². The maximum absolute atomic E-state index is 11.8. The zero-order chi connectivity index (χ0) is 13.1. The molecule has 0 saturated carbocycles. The number of rotatable bonds is 2. The Balaban J connectivity index is 2.94. The smallest absolute Gasteiger partial charge is 0.330 e. The number of esters is 1. The van der Waals surface area contributed by atoms with E-state index in [9.17, 15) is 4.79 Å². The van der Waals surface area contributed by atoms with Gasteiger partial charge in [0.15, 0.2) is 5.92 Å². The van der Waals surface area contributed by atoms with Gasteiger partial charge >= 0.3 is 5.97 Å². The number of nitriles is 1. The van der Waals surface area contributed by atoms with E-state index in [-0.39, 0.29) is 0 Å². The van der Waals surface area contributed by atoms with E-state index in [4.69, 9.17) is 10.00 Å². The van der Waals surface area contributed by atoms with Gasteiger partial charge in [-0.3, -0.25) is 14.8 Å². The zero-order valence-electron chi connectivity index (χ0n) is 10.4. The van der Waals surface area contributed by atoms with Gasteiger partial charge in [-0.25, -0.2) is 0 Å². The number of hydrogen-bond donors (Lipinski definition) is 0. The molecule has 90 valence electrons. The molecule has 1 aromatic rings. The van der Waals surface area contributed by atoms with Gasteiger partial charge < -0.3 is 4.74 Å². The Labute approximate surface area is 100 Å². The Hall–Kier alpha value is -1.96. The van der Waals surface area contributed by atoms with Crippen LogP contribution in [0.25, 0.3) is 0 Å². The summed E-state index contributed by atoms with van der Waals surface area (Å²) in [5.41, 5.74) is 0.358. The van der Waals surface area contributed by atoms with Crippen molar-refractivity contribution in [3.63, 3.8) is 0 Å². The van der Waals surface area contributed by atoms with Crippen LogP contribution in [0.2, 0.25) is 0 Å². The lowest BCUT2D eigenvalue weighted by atomic mass is 10.1. The van der Waals surface area contributed by atoms with Crippen molar-refractivity contribution in [2.75, 3.05) is 0 Å². The molecule has 0 radical (unpaired) electrons. The van der Waals surface area contributed by atoms with Gasteiger partial charge in [-0.05, 0) is 27.7 Å². The predicted octanol–water partition coefficient (Wildman–Crippen LogP) is 1.73. The van der Waals surface area contributed by atoms with Gasteiger partial charge in [0.1, 0.15) is 5.60 Å². The van der Waals surface area contributed by atoms with Gasteiger partial charge in [0.05, 0.1) is 23.7 Å². The minimum Gasteiger partial charge on any atom is -0.459 e. The average Bonchev–Trinajstić information content (AvgIpc) is 2.15. The molecule has 0 N–H and O–H groups in total. The first-order chi connectivity index (χ1) is 7.83. The summed E-state index contributed by atoms with van der Waals surface area (Å²) in [6.07, 6.45) is 2.97. The van der Waals surface area contributed by atoms with Crippen molar-refractivity contribution < 1.29 is 9.53 Å². The van der Waals surface area contributed by atoms with Crippen LogP contribution in [0.3, 0.4) is 0 Å². The Morgan fingerprint density at radius 3 is 2.59 bits per heavy atom. The van der Waals surface area contributed by atoms with Gasteiger partial charge in [-0.2, -0.15) is 5.26 Å². The summed E-state index contributed by atoms with van der Waals surface area (Å²) in [5, 5.41) is 9.02. The molecule has 1 rings (SSSR count). The predicted molar refractivity (Wildman–Crippen MR) is 61.0 cm³/mol. The summed E-state index contributed by atoms with van der Waals surface area (Å²) in [6, 6.07) is 1.89. The van der Waals surface area contributed by atoms with Crippen molar-refractivity contribution in [2.45, 2.75) is 39.2 Å². The van der Waals surface area contributed by atoms with Crippen LogP contribution in [0, 0.1) is 18.3 Å². The third kappa shape index (κ3) is 3.83. The maximum Gasteiger partial charge on any atom is 0.330 e. The van der Waals surface area contributed by atoms with Crippen molar-refractivity contribution >= 4 is 5.97 Å². The van der Waals surface area contributed by atoms with Crippen LogP contribution >= 0.6 is 0 Å². The van der Waals surface area contributed by atoms with Gasteiger partial charge in [0, 0.05) is 6.20 Å². The van der Waals surface area contributed by atoms with Crippen LogP contribution in [0.5, 0.6) is 0 Å². The molecule has 1 atom stereocenters. The van der Waals surface area contributed by atoms with Crippen LogP contribution < -0.4 is 0 Å². The Bertz CT molecular complexity index is 458. The molecule has 1 unspecified atom stereocenters. The van der Waals surface area contributed by atoms with Crippen molar-refractivity contribution in [2.24, 2.45) is 0 Å². The van der Waals surface area contributed by atoms with E-state index in [1.165, 1.54) is 6.20 Å². The third-order valence-corrected chi connectivity index (χ3v) is 1.84. The third-order valence-electron chi connectivity index (χ3n) is 1.84. The Kier molecular flexibility index (Phi) is 3.79. The van der Waals surface area contributed by atoms with Gasteiger partial charge in [-0.1, -0.05) is 0 Å². The SMILES string of the molecule is Cc1cncc(C(C#N)C(=O)OC(C)(C)C)n1. The van der Waals surface area contributed by atoms with Crippen LogP contribution in [0.1, 0.15) is 38.1 Å². The molecule has 1 aromatic heterocycles. The standard InChI is InChI=1S/C12H15N3O2/c1-8-6-14-7-10(15-8)9(5-13)11(16)17-12(2,3)4/h6-7,9H,1-4H3. The highest BCUT2D eigenvalue weighted by atomic mass is 16.6. The maximum atomic E-state index is 11.8. The molecule has 0 fully saturated rings. The molecule has 0 aromatic carbocycles. The second-order valence-electron chi connectivity index (χ2n) is 4.68. The molecule has 1 heterocycles. The zero-order valence-corrected chi connectivity index (χ0v) is 10.4. The fraction of sp³-hybridized carbons (Fsp3) is 0.500. The quantitative estimate of drug-likeness (QED) is 0.727. The lowest BCUT2D eigenvalue weighted by molar-refractivity contribution is -0.155. The molecular formula is C12H15N3O2. The minimum absolute atomic E-state index is 0.321. The summed E-state index contributed by atoms with van der Waals surface area (Å²) in [7, 11) is 0. The molecule has 0 aliphatic carbocycles. The second kappa shape index (κ2) is 4.91. The first-order valence-corrected chi connectivity index (χ1v) is 5.24. The number of carbonyl (C=O) groups excluding carboxylic acids is 1. The summed E-state index contributed by atoms with van der Waals surface area (Å²) in [4.78, 5) is 19.8. The topological polar surface area (TPSA) is 75.9 Å². The number of aryl methyl sites for hydroxylation is 1. The Morgan fingerprint density at radius 2 is 2.12 bits per heavy atom. The molecule has 0 spiro atoms. The van der Waals surface area contributed by atoms with Gasteiger partial charge in [0.2, 0.25) is 0 Å². The second-order valence-corrected chi connectivity index (χ2v) is 4.68. The number of aromatic nitrogens is 2. The fourth-order valence-electron chi connectivity index (χ4n) is 1.22. The number of nitrogens with zero attached hydrogens (tertiary/aromatic N) is 3. The molecular weight excluding hydrogens is 218 g/mol. The van der Waals surface area contributed by atoms with E-state index >= 15 is 0 Å². The van der Waals surface area contributed by atoms with E-state index in [0.717, 1.165) is 0 Å². The molecule has 0 saturated heterocycles. The summed E-state index contributed by atoms with van der Waals surface area (Å²) < 4.78 is 5.16. The lowest BCUT2D eigenvalue weighted by Gasteiger charge is -2.21. The van der Waals surface area contributed by atoms with Crippen molar-refractivity contribution in [1.29, 1.82) is 5.26 Å². The number of hydrogen-bond acceptors (Lipinski definition) is 5. The van der Waals surface area contributed by atoms with Crippen LogP contribution in [-0.2, 0) is 9.53 Å². The van der Waals surface area contributed by atoms with Crippen LogP contribution in [0.15, 0.2) is 12.4 Å². The van der Waals surface area contributed by atoms with Crippen molar-refractivity contribution in [3.8, 4) is 6.07 Å². The minimum atomic E-state index is -1.03.